The van der Waals surface area contributed by atoms with Gasteiger partial charge in [0.15, 0.2) is 0 Å². The normalized spacial score (nSPS) is 21.1. The highest BCUT2D eigenvalue weighted by atomic mass is 16.5. The topological polar surface area (TPSA) is 76.2 Å². The number of nitrogens with one attached hydrogen (secondary N) is 1. The maximum absolute atomic E-state index is 11.7. The van der Waals surface area contributed by atoms with E-state index in [2.05, 4.69) is 20.5 Å². The number of carbonyl (C=O) groups is 1. The van der Waals surface area contributed by atoms with Crippen molar-refractivity contribution >= 4 is 5.91 Å². The van der Waals surface area contributed by atoms with Gasteiger partial charge in [-0.1, -0.05) is 5.16 Å². The molecule has 2 aromatic heterocycles. The van der Waals surface area contributed by atoms with E-state index in [1.54, 1.807) is 13.1 Å². The van der Waals surface area contributed by atoms with Crippen LogP contribution in [0.4, 0.5) is 0 Å². The lowest BCUT2D eigenvalue weighted by atomic mass is 9.96. The van der Waals surface area contributed by atoms with E-state index in [1.807, 2.05) is 10.9 Å². The first-order chi connectivity index (χ1) is 12.2. The molecule has 3 heterocycles. The number of hydrogen-bond donors (Lipinski definition) is 1. The van der Waals surface area contributed by atoms with Gasteiger partial charge in [-0.05, 0) is 44.7 Å². The molecule has 0 spiro atoms. The van der Waals surface area contributed by atoms with Gasteiger partial charge in [0.25, 0.3) is 5.91 Å². The van der Waals surface area contributed by atoms with Crippen LogP contribution in [0.25, 0.3) is 0 Å². The van der Waals surface area contributed by atoms with Crippen molar-refractivity contribution in [1.82, 2.24) is 25.2 Å². The Morgan fingerprint density at radius 3 is 3.12 bits per heavy atom. The Kier molecular flexibility index (Phi) is 4.57. The number of fused-ring (bicyclic) bond motifs is 1. The predicted molar refractivity (Wildman–Crippen MR) is 92.3 cm³/mol. The minimum atomic E-state index is -0.138. The molecule has 1 aliphatic carbocycles. The molecular formula is C18H25N5O2. The third-order valence-electron chi connectivity index (χ3n) is 5.33. The minimum absolute atomic E-state index is 0.138. The van der Waals surface area contributed by atoms with Gasteiger partial charge in [-0.25, -0.2) is 0 Å². The zero-order valence-corrected chi connectivity index (χ0v) is 14.7. The maximum Gasteiger partial charge on any atom is 0.271 e. The van der Waals surface area contributed by atoms with Crippen LogP contribution in [0.5, 0.6) is 0 Å². The Morgan fingerprint density at radius 1 is 1.36 bits per heavy atom. The van der Waals surface area contributed by atoms with Crippen LogP contribution in [0.3, 0.4) is 0 Å². The second kappa shape index (κ2) is 7.00. The van der Waals surface area contributed by atoms with E-state index in [-0.39, 0.29) is 5.91 Å². The van der Waals surface area contributed by atoms with E-state index in [0.29, 0.717) is 11.7 Å². The molecule has 2 aromatic rings. The summed E-state index contributed by atoms with van der Waals surface area (Å²) in [6.07, 6.45) is 8.69. The van der Waals surface area contributed by atoms with Crippen LogP contribution in [0.1, 0.15) is 59.2 Å². The van der Waals surface area contributed by atoms with E-state index in [1.165, 1.54) is 18.4 Å². The molecule has 7 heteroatoms. The molecule has 1 atom stereocenters. The zero-order chi connectivity index (χ0) is 17.2. The summed E-state index contributed by atoms with van der Waals surface area (Å²) in [6, 6.07) is 2.08. The fourth-order valence-electron chi connectivity index (χ4n) is 3.97. The van der Waals surface area contributed by atoms with Gasteiger partial charge in [0.2, 0.25) is 0 Å². The van der Waals surface area contributed by atoms with E-state index in [0.717, 1.165) is 56.8 Å². The lowest BCUT2D eigenvalue weighted by molar-refractivity contribution is 0.0955. The van der Waals surface area contributed by atoms with Gasteiger partial charge in [0.05, 0.1) is 6.04 Å². The van der Waals surface area contributed by atoms with Crippen molar-refractivity contribution in [2.45, 2.75) is 51.1 Å². The van der Waals surface area contributed by atoms with Gasteiger partial charge in [-0.3, -0.25) is 14.4 Å². The van der Waals surface area contributed by atoms with Gasteiger partial charge in [0.1, 0.15) is 17.1 Å². The van der Waals surface area contributed by atoms with Crippen molar-refractivity contribution in [2.75, 3.05) is 20.1 Å². The molecule has 4 rings (SSSR count). The molecule has 2 aliphatic rings. The summed E-state index contributed by atoms with van der Waals surface area (Å²) in [4.78, 5) is 14.1. The second-order valence-electron chi connectivity index (χ2n) is 7.03. The van der Waals surface area contributed by atoms with Gasteiger partial charge >= 0.3 is 0 Å². The molecular weight excluding hydrogens is 318 g/mol. The Labute approximate surface area is 147 Å². The lowest BCUT2D eigenvalue weighted by Gasteiger charge is -2.32. The maximum atomic E-state index is 11.7. The van der Waals surface area contributed by atoms with Gasteiger partial charge in [0, 0.05) is 38.3 Å². The first-order valence-corrected chi connectivity index (χ1v) is 9.20. The molecule has 25 heavy (non-hydrogen) atoms. The highest BCUT2D eigenvalue weighted by molar-refractivity contribution is 5.91. The molecule has 0 saturated carbocycles. The van der Waals surface area contributed by atoms with Gasteiger partial charge < -0.3 is 9.84 Å². The van der Waals surface area contributed by atoms with Gasteiger partial charge in [-0.15, -0.1) is 0 Å². The molecule has 0 aromatic carbocycles. The summed E-state index contributed by atoms with van der Waals surface area (Å²) in [5.74, 6) is 0.956. The van der Waals surface area contributed by atoms with E-state index in [9.17, 15) is 4.79 Å². The highest BCUT2D eigenvalue weighted by Crippen LogP contribution is 2.27. The number of aryl methyl sites for hydroxylation is 1. The standard InChI is InChI=1S/C18H25N5O2/c1-19-18(24)15-8-10-23(20-15)13-5-4-9-22(11-13)12-16-14-6-2-3-7-17(14)25-21-16/h8,10,13H,2-7,9,11-12H2,1H3,(H,19,24)/t13-/m0/s1. The van der Waals surface area contributed by atoms with Crippen molar-refractivity contribution in [2.24, 2.45) is 0 Å². The SMILES string of the molecule is CNC(=O)c1ccn([C@H]2CCCN(Cc3noc4c3CCCC4)C2)n1. The molecule has 1 N–H and O–H groups in total. The third-order valence-corrected chi connectivity index (χ3v) is 5.33. The number of rotatable bonds is 4. The molecule has 1 aliphatic heterocycles. The molecule has 7 nitrogen and oxygen atoms in total. The Hall–Kier alpha value is -2.15. The van der Waals surface area contributed by atoms with Crippen molar-refractivity contribution < 1.29 is 9.32 Å². The van der Waals surface area contributed by atoms with E-state index in [4.69, 9.17) is 4.52 Å². The summed E-state index contributed by atoms with van der Waals surface area (Å²) >= 11 is 0. The fraction of sp³-hybridized carbons (Fsp3) is 0.611. The first-order valence-electron chi connectivity index (χ1n) is 9.20. The minimum Gasteiger partial charge on any atom is -0.361 e. The van der Waals surface area contributed by atoms with Crippen LogP contribution in [-0.2, 0) is 19.4 Å². The number of carbonyl (C=O) groups excluding carboxylic acids is 1. The second-order valence-corrected chi connectivity index (χ2v) is 7.03. The largest absolute Gasteiger partial charge is 0.361 e. The van der Waals surface area contributed by atoms with E-state index >= 15 is 0 Å². The number of piperidine rings is 1. The average molecular weight is 343 g/mol. The van der Waals surface area contributed by atoms with Crippen LogP contribution in [-0.4, -0.2) is 45.9 Å². The molecule has 0 unspecified atom stereocenters. The van der Waals surface area contributed by atoms with Crippen molar-refractivity contribution in [3.8, 4) is 0 Å². The van der Waals surface area contributed by atoms with Crippen LogP contribution in [0, 0.1) is 0 Å². The molecule has 1 saturated heterocycles. The number of amides is 1. The zero-order valence-electron chi connectivity index (χ0n) is 14.7. The molecule has 1 fully saturated rings. The van der Waals surface area contributed by atoms with Crippen molar-refractivity contribution in [3.63, 3.8) is 0 Å². The molecule has 1 amide bonds. The monoisotopic (exact) mass is 343 g/mol. The Balaban J connectivity index is 1.43. The summed E-state index contributed by atoms with van der Waals surface area (Å²) in [7, 11) is 1.63. The Morgan fingerprint density at radius 2 is 2.24 bits per heavy atom. The van der Waals surface area contributed by atoms with Crippen LogP contribution < -0.4 is 5.32 Å². The lowest BCUT2D eigenvalue weighted by Crippen LogP contribution is -2.36. The van der Waals surface area contributed by atoms with Crippen LogP contribution in [0.2, 0.25) is 0 Å². The number of nitrogens with zero attached hydrogens (tertiary/aromatic N) is 4. The predicted octanol–water partition coefficient (Wildman–Crippen LogP) is 1.95. The molecule has 134 valence electrons. The third kappa shape index (κ3) is 3.33. The van der Waals surface area contributed by atoms with Crippen LogP contribution >= 0.6 is 0 Å². The molecule has 0 bridgehead atoms. The summed E-state index contributed by atoms with van der Waals surface area (Å²) in [6.45, 7) is 2.84. The number of hydrogen-bond acceptors (Lipinski definition) is 5. The van der Waals surface area contributed by atoms with Gasteiger partial charge in [-0.2, -0.15) is 5.10 Å². The smallest absolute Gasteiger partial charge is 0.271 e. The highest BCUT2D eigenvalue weighted by Gasteiger charge is 2.26. The average Bonchev–Trinajstić information content (AvgIpc) is 3.29. The molecule has 0 radical (unpaired) electrons. The summed E-state index contributed by atoms with van der Waals surface area (Å²) in [5, 5.41) is 11.4. The Bertz CT molecular complexity index is 750. The number of likely N-dealkylation sites (tertiary alicyclic amines) is 1. The van der Waals surface area contributed by atoms with E-state index < -0.39 is 0 Å². The number of aromatic nitrogens is 3. The first kappa shape index (κ1) is 16.3. The quantitative estimate of drug-likeness (QED) is 0.918. The fourth-order valence-corrected chi connectivity index (χ4v) is 3.97. The van der Waals surface area contributed by atoms with Crippen molar-refractivity contribution in [3.05, 3.63) is 35.0 Å². The van der Waals surface area contributed by atoms with Crippen molar-refractivity contribution in [1.29, 1.82) is 0 Å². The summed E-state index contributed by atoms with van der Waals surface area (Å²) in [5.41, 5.74) is 2.93. The summed E-state index contributed by atoms with van der Waals surface area (Å²) < 4.78 is 7.48. The van der Waals surface area contributed by atoms with Crippen LogP contribution in [0.15, 0.2) is 16.8 Å².